The number of hydrogen-bond acceptors (Lipinski definition) is 0. The summed E-state index contributed by atoms with van der Waals surface area (Å²) >= 11 is 0. The first-order chi connectivity index (χ1) is 7.22. The number of allylic oxidation sites excluding steroid dienone is 6. The molecule has 0 spiro atoms. The number of hydrogen-bond donors (Lipinski definition) is 0. The lowest BCUT2D eigenvalue weighted by atomic mass is 9.92. The molecular formula is C15H24. The first-order valence-electron chi connectivity index (χ1n) is 6.18. The minimum atomic E-state index is 0.713. The van der Waals surface area contributed by atoms with E-state index in [4.69, 9.17) is 0 Å². The molecule has 1 atom stereocenters. The van der Waals surface area contributed by atoms with Crippen LogP contribution >= 0.6 is 0 Å². The summed E-state index contributed by atoms with van der Waals surface area (Å²) in [6.07, 6.45) is 15.4. The third kappa shape index (κ3) is 4.51. The van der Waals surface area contributed by atoms with Crippen LogP contribution in [0.3, 0.4) is 0 Å². The van der Waals surface area contributed by atoms with E-state index in [9.17, 15) is 0 Å². The lowest BCUT2D eigenvalue weighted by Gasteiger charge is -2.14. The van der Waals surface area contributed by atoms with Gasteiger partial charge in [0.1, 0.15) is 0 Å². The minimum Gasteiger partial charge on any atom is -0.0882 e. The maximum Gasteiger partial charge on any atom is -0.0197 e. The Morgan fingerprint density at radius 2 is 1.53 bits per heavy atom. The van der Waals surface area contributed by atoms with E-state index >= 15 is 0 Å². The predicted octanol–water partition coefficient (Wildman–Crippen LogP) is 5.04. The summed E-state index contributed by atoms with van der Waals surface area (Å²) in [5, 5.41) is 0. The normalized spacial score (nSPS) is 33.9. The SMILES string of the molecule is C/C1=C(/C)C(C)C/C=C/CC/C=C/CC1. The van der Waals surface area contributed by atoms with E-state index in [1.807, 2.05) is 0 Å². The van der Waals surface area contributed by atoms with Gasteiger partial charge in [-0.3, -0.25) is 0 Å². The standard InChI is InChI=1S/C15H24/c1-13-11-9-7-5-4-6-8-10-12-14(2)15(13)3/h5,7-8,10,14H,4,6,9,11-12H2,1-3H3/b7-5+,10-8+,15-13+. The van der Waals surface area contributed by atoms with Crippen molar-refractivity contribution in [3.8, 4) is 0 Å². The highest BCUT2D eigenvalue weighted by Gasteiger charge is 2.05. The average Bonchev–Trinajstić information content (AvgIpc) is 2.23. The van der Waals surface area contributed by atoms with Crippen molar-refractivity contribution < 1.29 is 0 Å². The molecule has 0 nitrogen and oxygen atoms in total. The summed E-state index contributed by atoms with van der Waals surface area (Å²) in [5.41, 5.74) is 3.18. The summed E-state index contributed by atoms with van der Waals surface area (Å²) in [4.78, 5) is 0. The van der Waals surface area contributed by atoms with E-state index in [0.717, 1.165) is 0 Å². The second-order valence-electron chi connectivity index (χ2n) is 4.66. The van der Waals surface area contributed by atoms with Crippen molar-refractivity contribution in [2.75, 3.05) is 0 Å². The zero-order valence-electron chi connectivity index (χ0n) is 10.4. The maximum atomic E-state index is 2.34. The van der Waals surface area contributed by atoms with E-state index in [0.29, 0.717) is 5.92 Å². The van der Waals surface area contributed by atoms with Crippen LogP contribution in [0.4, 0.5) is 0 Å². The smallest absolute Gasteiger partial charge is 0.0197 e. The molecule has 0 aromatic carbocycles. The van der Waals surface area contributed by atoms with Crippen molar-refractivity contribution in [3.63, 3.8) is 0 Å². The summed E-state index contributed by atoms with van der Waals surface area (Å²) in [5.74, 6) is 0.713. The van der Waals surface area contributed by atoms with Crippen molar-refractivity contribution in [1.82, 2.24) is 0 Å². The third-order valence-corrected chi connectivity index (χ3v) is 3.42. The van der Waals surface area contributed by atoms with E-state index in [2.05, 4.69) is 45.1 Å². The molecule has 0 saturated carbocycles. The second kappa shape index (κ2) is 6.66. The van der Waals surface area contributed by atoms with Crippen molar-refractivity contribution in [1.29, 1.82) is 0 Å². The fourth-order valence-corrected chi connectivity index (χ4v) is 1.94. The largest absolute Gasteiger partial charge is 0.0882 e. The van der Waals surface area contributed by atoms with E-state index < -0.39 is 0 Å². The van der Waals surface area contributed by atoms with Gasteiger partial charge in [-0.2, -0.15) is 0 Å². The quantitative estimate of drug-likeness (QED) is 0.485. The van der Waals surface area contributed by atoms with Gasteiger partial charge < -0.3 is 0 Å². The molecule has 0 amide bonds. The molecule has 0 radical (unpaired) electrons. The lowest BCUT2D eigenvalue weighted by molar-refractivity contribution is 0.675. The molecule has 1 aliphatic rings. The van der Waals surface area contributed by atoms with Gasteiger partial charge in [-0.05, 0) is 51.9 Å². The molecule has 1 rings (SSSR count). The first kappa shape index (κ1) is 12.3. The van der Waals surface area contributed by atoms with Crippen LogP contribution in [0.1, 0.15) is 52.9 Å². The molecular weight excluding hydrogens is 180 g/mol. The van der Waals surface area contributed by atoms with Crippen LogP contribution in [0, 0.1) is 5.92 Å². The van der Waals surface area contributed by atoms with Crippen molar-refractivity contribution in [3.05, 3.63) is 35.5 Å². The van der Waals surface area contributed by atoms with Gasteiger partial charge in [-0.25, -0.2) is 0 Å². The fraction of sp³-hybridized carbons (Fsp3) is 0.600. The van der Waals surface area contributed by atoms with Gasteiger partial charge in [0.25, 0.3) is 0 Å². The molecule has 1 aliphatic carbocycles. The first-order valence-corrected chi connectivity index (χ1v) is 6.18. The molecule has 0 aromatic rings. The van der Waals surface area contributed by atoms with Gasteiger partial charge >= 0.3 is 0 Å². The van der Waals surface area contributed by atoms with Crippen LogP contribution in [-0.4, -0.2) is 0 Å². The molecule has 0 bridgehead atoms. The van der Waals surface area contributed by atoms with E-state index in [1.165, 1.54) is 32.1 Å². The van der Waals surface area contributed by atoms with Crippen molar-refractivity contribution in [2.45, 2.75) is 52.9 Å². The van der Waals surface area contributed by atoms with Crippen LogP contribution in [0.2, 0.25) is 0 Å². The van der Waals surface area contributed by atoms with Crippen molar-refractivity contribution in [2.24, 2.45) is 5.92 Å². The monoisotopic (exact) mass is 204 g/mol. The predicted molar refractivity (Wildman–Crippen MR) is 68.9 cm³/mol. The molecule has 0 saturated heterocycles. The topological polar surface area (TPSA) is 0 Å². The molecule has 0 heteroatoms. The Kier molecular flexibility index (Phi) is 5.45. The average molecular weight is 204 g/mol. The van der Waals surface area contributed by atoms with Crippen LogP contribution in [0.15, 0.2) is 35.5 Å². The zero-order valence-corrected chi connectivity index (χ0v) is 10.4. The summed E-state index contributed by atoms with van der Waals surface area (Å²) in [7, 11) is 0. The van der Waals surface area contributed by atoms with Gasteiger partial charge in [-0.1, -0.05) is 42.4 Å². The minimum absolute atomic E-state index is 0.713. The molecule has 1 unspecified atom stereocenters. The Hall–Kier alpha value is -0.780. The molecule has 0 N–H and O–H groups in total. The molecule has 0 aromatic heterocycles. The Morgan fingerprint density at radius 3 is 2.27 bits per heavy atom. The summed E-state index contributed by atoms with van der Waals surface area (Å²) < 4.78 is 0. The lowest BCUT2D eigenvalue weighted by Crippen LogP contribution is -1.98. The van der Waals surface area contributed by atoms with Crippen molar-refractivity contribution >= 4 is 0 Å². The fourth-order valence-electron chi connectivity index (χ4n) is 1.94. The molecule has 0 fully saturated rings. The molecule has 84 valence electrons. The van der Waals surface area contributed by atoms with Crippen LogP contribution in [-0.2, 0) is 0 Å². The summed E-state index contributed by atoms with van der Waals surface area (Å²) in [6, 6.07) is 0. The van der Waals surface area contributed by atoms with Gasteiger partial charge in [-0.15, -0.1) is 0 Å². The highest BCUT2D eigenvalue weighted by atomic mass is 14.1. The van der Waals surface area contributed by atoms with Crippen LogP contribution < -0.4 is 0 Å². The van der Waals surface area contributed by atoms with E-state index in [1.54, 1.807) is 11.1 Å². The molecule has 0 heterocycles. The Labute approximate surface area is 94.8 Å². The Balaban J connectivity index is 2.70. The molecule has 0 aliphatic heterocycles. The van der Waals surface area contributed by atoms with Gasteiger partial charge in [0.2, 0.25) is 0 Å². The van der Waals surface area contributed by atoms with E-state index in [-0.39, 0.29) is 0 Å². The van der Waals surface area contributed by atoms with Gasteiger partial charge in [0.15, 0.2) is 0 Å². The third-order valence-electron chi connectivity index (χ3n) is 3.42. The van der Waals surface area contributed by atoms with Crippen LogP contribution in [0.5, 0.6) is 0 Å². The Morgan fingerprint density at radius 1 is 0.933 bits per heavy atom. The zero-order chi connectivity index (χ0) is 11.1. The summed E-state index contributed by atoms with van der Waals surface area (Å²) in [6.45, 7) is 6.92. The second-order valence-corrected chi connectivity index (χ2v) is 4.66. The highest BCUT2D eigenvalue weighted by Crippen LogP contribution is 2.22. The maximum absolute atomic E-state index is 2.34. The number of rotatable bonds is 0. The van der Waals surface area contributed by atoms with Crippen LogP contribution in [0.25, 0.3) is 0 Å². The van der Waals surface area contributed by atoms with Gasteiger partial charge in [0, 0.05) is 0 Å². The van der Waals surface area contributed by atoms with Gasteiger partial charge in [0.05, 0.1) is 0 Å². The highest BCUT2D eigenvalue weighted by molar-refractivity contribution is 5.14. The Bertz CT molecular complexity index is 266. The molecule has 15 heavy (non-hydrogen) atoms.